The Morgan fingerprint density at radius 1 is 0.889 bits per heavy atom. The minimum atomic E-state index is -1.55. The maximum absolute atomic E-state index is 6.11. The molecule has 0 atom stereocenters. The van der Waals surface area contributed by atoms with Crippen LogP contribution in [-0.2, 0) is 2.79 Å². The molecule has 0 N–H and O–H groups in total. The van der Waals surface area contributed by atoms with Crippen molar-refractivity contribution >= 4 is 27.2 Å². The van der Waals surface area contributed by atoms with Gasteiger partial charge >= 0.3 is 63.5 Å². The first-order chi connectivity index (χ1) is 3.91. The molecule has 3 heteroatoms. The molecule has 1 saturated heterocycles. The summed E-state index contributed by atoms with van der Waals surface area (Å²) in [5, 5.41) is 2.93. The zero-order valence-corrected chi connectivity index (χ0v) is 11.0. The van der Waals surface area contributed by atoms with Crippen molar-refractivity contribution in [3.63, 3.8) is 0 Å². The fourth-order valence-corrected chi connectivity index (χ4v) is 39.2. The van der Waals surface area contributed by atoms with E-state index in [9.17, 15) is 0 Å². The summed E-state index contributed by atoms with van der Waals surface area (Å²) in [5.74, 6) is 9.56. The summed E-state index contributed by atoms with van der Waals surface area (Å²) >= 11 is -3.10. The number of hydrogen-bond donors (Lipinski definition) is 0. The van der Waals surface area contributed by atoms with Crippen LogP contribution in [0.5, 0.6) is 0 Å². The van der Waals surface area contributed by atoms with Gasteiger partial charge in [0.15, 0.2) is 0 Å². The van der Waals surface area contributed by atoms with Crippen molar-refractivity contribution in [2.75, 3.05) is 0 Å². The van der Waals surface area contributed by atoms with E-state index in [-0.39, 0.29) is 0 Å². The second-order valence-corrected chi connectivity index (χ2v) is 23.6. The molecule has 0 aromatic rings. The van der Waals surface area contributed by atoms with Crippen LogP contribution in [0.1, 0.15) is 0 Å². The summed E-state index contributed by atoms with van der Waals surface area (Å²) in [7, 11) is 0. The first-order valence-corrected chi connectivity index (χ1v) is 16.7. The molecule has 0 radical (unpaired) electrons. The fraction of sp³-hybridized carbons (Fsp3) is 1.00. The molecule has 1 nitrogen and oxygen atoms in total. The van der Waals surface area contributed by atoms with Crippen molar-refractivity contribution < 1.29 is 2.79 Å². The Morgan fingerprint density at radius 2 is 1.22 bits per heavy atom. The first-order valence-electron chi connectivity index (χ1n) is 3.62. The molecule has 0 unspecified atom stereocenters. The van der Waals surface area contributed by atoms with Crippen molar-refractivity contribution in [3.8, 4) is 0 Å². The zero-order valence-electron chi connectivity index (χ0n) is 6.82. The molecule has 0 aromatic heterocycles. The van der Waals surface area contributed by atoms with Gasteiger partial charge < -0.3 is 0 Å². The van der Waals surface area contributed by atoms with Gasteiger partial charge in [-0.1, -0.05) is 0 Å². The molecule has 0 amide bonds. The standard InChI is InChI=1S/C6H16Ge2O/c1-7(2)5-6-8(3,4)9-7/h5-6H2,1-4H3. The normalized spacial score (nSPS) is 30.7. The van der Waals surface area contributed by atoms with E-state index in [1.54, 1.807) is 0 Å². The van der Waals surface area contributed by atoms with Crippen molar-refractivity contribution in [1.29, 1.82) is 0 Å². The summed E-state index contributed by atoms with van der Waals surface area (Å²) in [4.78, 5) is 0. The van der Waals surface area contributed by atoms with E-state index >= 15 is 0 Å². The monoisotopic (exact) mass is 252 g/mol. The van der Waals surface area contributed by atoms with Crippen LogP contribution < -0.4 is 0 Å². The Balaban J connectivity index is 2.58. The molecule has 0 spiro atoms. The topological polar surface area (TPSA) is 9.23 Å². The van der Waals surface area contributed by atoms with Gasteiger partial charge in [0.1, 0.15) is 0 Å². The minimum absolute atomic E-state index is 1.47. The van der Waals surface area contributed by atoms with Crippen molar-refractivity contribution in [2.24, 2.45) is 0 Å². The van der Waals surface area contributed by atoms with Gasteiger partial charge in [0, 0.05) is 0 Å². The van der Waals surface area contributed by atoms with E-state index in [0.29, 0.717) is 0 Å². The third kappa shape index (κ3) is 2.28. The fourth-order valence-electron chi connectivity index (χ4n) is 1.45. The SMILES string of the molecule is [CH3][Ge]1([CH3])[CH2][CH2][Ge]([CH3])([CH3])[O]1. The van der Waals surface area contributed by atoms with Gasteiger partial charge in [0.05, 0.1) is 0 Å². The van der Waals surface area contributed by atoms with E-state index < -0.39 is 27.2 Å². The van der Waals surface area contributed by atoms with Crippen molar-refractivity contribution in [3.05, 3.63) is 0 Å². The van der Waals surface area contributed by atoms with Gasteiger partial charge in [0.2, 0.25) is 0 Å². The summed E-state index contributed by atoms with van der Waals surface area (Å²) in [5.41, 5.74) is 0. The van der Waals surface area contributed by atoms with Gasteiger partial charge in [-0.3, -0.25) is 0 Å². The Morgan fingerprint density at radius 3 is 1.33 bits per heavy atom. The summed E-state index contributed by atoms with van der Waals surface area (Å²) in [6.45, 7) is 0. The quantitative estimate of drug-likeness (QED) is 0.599. The number of hydrogen-bond acceptors (Lipinski definition) is 1. The second-order valence-electron chi connectivity index (χ2n) is 4.12. The Labute approximate surface area is 63.6 Å². The molecule has 1 rings (SSSR count). The van der Waals surface area contributed by atoms with Gasteiger partial charge in [0.25, 0.3) is 0 Å². The molecule has 0 bridgehead atoms. The Hall–Kier alpha value is 1.05. The Kier molecular flexibility index (Phi) is 2.06. The average molecular weight is 249 g/mol. The van der Waals surface area contributed by atoms with Gasteiger partial charge in [-0.05, 0) is 0 Å². The average Bonchev–Trinajstić information content (AvgIpc) is 1.78. The summed E-state index contributed by atoms with van der Waals surface area (Å²) < 4.78 is 6.11. The van der Waals surface area contributed by atoms with Crippen LogP contribution in [0.25, 0.3) is 0 Å². The van der Waals surface area contributed by atoms with Crippen LogP contribution in [0.4, 0.5) is 0 Å². The van der Waals surface area contributed by atoms with Crippen LogP contribution in [0.2, 0.25) is 33.5 Å². The van der Waals surface area contributed by atoms with Gasteiger partial charge in [-0.2, -0.15) is 0 Å². The van der Waals surface area contributed by atoms with Crippen LogP contribution >= 0.6 is 0 Å². The van der Waals surface area contributed by atoms with E-state index in [4.69, 9.17) is 2.79 Å². The summed E-state index contributed by atoms with van der Waals surface area (Å²) in [6, 6.07) is 0. The molecule has 1 fully saturated rings. The van der Waals surface area contributed by atoms with Crippen LogP contribution in [0.15, 0.2) is 0 Å². The van der Waals surface area contributed by atoms with E-state index in [1.165, 1.54) is 10.5 Å². The molecule has 0 aliphatic carbocycles. The van der Waals surface area contributed by atoms with Crippen LogP contribution in [0.3, 0.4) is 0 Å². The summed E-state index contributed by atoms with van der Waals surface area (Å²) in [6.07, 6.45) is 0. The number of rotatable bonds is 0. The maximum atomic E-state index is 6.11. The van der Waals surface area contributed by atoms with E-state index in [1.807, 2.05) is 0 Å². The molecule has 9 heavy (non-hydrogen) atoms. The molecule has 54 valence electrons. The Bertz CT molecular complexity index is 106. The third-order valence-corrected chi connectivity index (χ3v) is 24.6. The van der Waals surface area contributed by atoms with E-state index in [0.717, 1.165) is 0 Å². The third-order valence-electron chi connectivity index (χ3n) is 1.88. The molecular formula is C6H16Ge2O. The molecule has 1 heterocycles. The van der Waals surface area contributed by atoms with Crippen LogP contribution in [0, 0.1) is 0 Å². The molecule has 1 aliphatic rings. The van der Waals surface area contributed by atoms with Crippen LogP contribution in [-0.4, -0.2) is 27.2 Å². The first kappa shape index (κ1) is 8.15. The second kappa shape index (κ2) is 2.27. The molecule has 0 saturated carbocycles. The zero-order chi connectivity index (χ0) is 7.12. The van der Waals surface area contributed by atoms with E-state index in [2.05, 4.69) is 23.0 Å². The molecule has 1 aliphatic heterocycles. The van der Waals surface area contributed by atoms with Crippen molar-refractivity contribution in [2.45, 2.75) is 33.5 Å². The van der Waals surface area contributed by atoms with Gasteiger partial charge in [-0.25, -0.2) is 0 Å². The molecular weight excluding hydrogens is 233 g/mol. The van der Waals surface area contributed by atoms with Crippen molar-refractivity contribution in [1.82, 2.24) is 0 Å². The predicted molar refractivity (Wildman–Crippen MR) is 45.7 cm³/mol. The predicted octanol–water partition coefficient (Wildman–Crippen LogP) is 2.43. The molecule has 0 aromatic carbocycles. The van der Waals surface area contributed by atoms with Gasteiger partial charge in [-0.15, -0.1) is 0 Å².